The van der Waals surface area contributed by atoms with Gasteiger partial charge in [0.1, 0.15) is 5.75 Å². The van der Waals surface area contributed by atoms with Gasteiger partial charge in [0.05, 0.1) is 11.3 Å². The van der Waals surface area contributed by atoms with Crippen LogP contribution in [0.1, 0.15) is 35.7 Å². The molecule has 3 N–H and O–H groups in total. The van der Waals surface area contributed by atoms with Crippen molar-refractivity contribution >= 4 is 11.7 Å². The lowest BCUT2D eigenvalue weighted by Crippen LogP contribution is -2.01. The highest BCUT2D eigenvalue weighted by molar-refractivity contribution is 5.88. The molecular formula is C15H16N2O3. The van der Waals surface area contributed by atoms with E-state index in [1.807, 2.05) is 24.3 Å². The van der Waals surface area contributed by atoms with E-state index in [2.05, 4.69) is 18.8 Å². The van der Waals surface area contributed by atoms with Crippen LogP contribution in [0.15, 0.2) is 36.5 Å². The van der Waals surface area contributed by atoms with Gasteiger partial charge in [-0.2, -0.15) is 0 Å². The van der Waals surface area contributed by atoms with Gasteiger partial charge in [-0.25, -0.2) is 9.78 Å². The lowest BCUT2D eigenvalue weighted by atomic mass is 10.0. The lowest BCUT2D eigenvalue weighted by Gasteiger charge is -2.09. The van der Waals surface area contributed by atoms with Crippen LogP contribution in [-0.4, -0.2) is 16.1 Å². The number of hydrogen-bond donors (Lipinski definition) is 2. The average molecular weight is 272 g/mol. The number of carboxylic acids is 1. The number of pyridine rings is 1. The first-order valence-electron chi connectivity index (χ1n) is 6.24. The van der Waals surface area contributed by atoms with Crippen LogP contribution in [0.3, 0.4) is 0 Å². The second-order valence-electron chi connectivity index (χ2n) is 4.75. The first-order chi connectivity index (χ1) is 9.47. The third-order valence-corrected chi connectivity index (χ3v) is 2.89. The minimum atomic E-state index is -1.07. The zero-order valence-electron chi connectivity index (χ0n) is 11.3. The van der Waals surface area contributed by atoms with Gasteiger partial charge in [-0.1, -0.05) is 26.0 Å². The number of benzene rings is 1. The van der Waals surface area contributed by atoms with Crippen molar-refractivity contribution in [1.29, 1.82) is 0 Å². The Labute approximate surface area is 117 Å². The number of carboxylic acid groups (broad SMARTS) is 1. The molecule has 0 bridgehead atoms. The topological polar surface area (TPSA) is 85.4 Å². The van der Waals surface area contributed by atoms with Crippen molar-refractivity contribution in [3.8, 4) is 11.6 Å². The first-order valence-corrected chi connectivity index (χ1v) is 6.24. The Hall–Kier alpha value is -2.56. The molecule has 0 saturated carbocycles. The lowest BCUT2D eigenvalue weighted by molar-refractivity contribution is 0.0696. The van der Waals surface area contributed by atoms with Gasteiger partial charge in [0.15, 0.2) is 0 Å². The molecule has 5 heteroatoms. The standard InChI is InChI=1S/C15H16N2O3/c1-9(2)10-3-5-12(6-4-10)20-14-13(16)7-11(8-17-14)15(18)19/h3-9H,16H2,1-2H3,(H,18,19). The van der Waals surface area contributed by atoms with E-state index in [1.54, 1.807) is 0 Å². The summed E-state index contributed by atoms with van der Waals surface area (Å²) in [4.78, 5) is 14.7. The number of nitrogens with two attached hydrogens (primary N) is 1. The number of anilines is 1. The van der Waals surface area contributed by atoms with E-state index >= 15 is 0 Å². The molecule has 104 valence electrons. The van der Waals surface area contributed by atoms with Gasteiger partial charge in [-0.3, -0.25) is 0 Å². The highest BCUT2D eigenvalue weighted by atomic mass is 16.5. The number of hydrogen-bond acceptors (Lipinski definition) is 4. The Kier molecular flexibility index (Phi) is 3.89. The van der Waals surface area contributed by atoms with E-state index in [0.717, 1.165) is 0 Å². The number of nitrogens with zero attached hydrogens (tertiary/aromatic N) is 1. The van der Waals surface area contributed by atoms with E-state index in [1.165, 1.54) is 17.8 Å². The maximum atomic E-state index is 10.8. The molecule has 0 spiro atoms. The first kappa shape index (κ1) is 13.9. The second-order valence-corrected chi connectivity index (χ2v) is 4.75. The number of nitrogen functional groups attached to an aromatic ring is 1. The number of rotatable bonds is 4. The minimum Gasteiger partial charge on any atom is -0.478 e. The molecule has 0 aliphatic carbocycles. The predicted octanol–water partition coefficient (Wildman–Crippen LogP) is 3.28. The third kappa shape index (κ3) is 3.06. The molecule has 0 aliphatic heterocycles. The number of ether oxygens (including phenoxy) is 1. The van der Waals surface area contributed by atoms with Crippen LogP contribution in [0.5, 0.6) is 11.6 Å². The molecule has 2 aromatic rings. The Balaban J connectivity index is 2.19. The molecule has 2 rings (SSSR count). The summed E-state index contributed by atoms with van der Waals surface area (Å²) in [7, 11) is 0. The maximum absolute atomic E-state index is 10.8. The van der Waals surface area contributed by atoms with Crippen molar-refractivity contribution in [3.63, 3.8) is 0 Å². The molecule has 0 fully saturated rings. The maximum Gasteiger partial charge on any atom is 0.337 e. The van der Waals surface area contributed by atoms with Crippen molar-refractivity contribution in [2.75, 3.05) is 5.73 Å². The van der Waals surface area contributed by atoms with E-state index < -0.39 is 5.97 Å². The van der Waals surface area contributed by atoms with Crippen molar-refractivity contribution in [2.24, 2.45) is 0 Å². The fourth-order valence-corrected chi connectivity index (χ4v) is 1.70. The van der Waals surface area contributed by atoms with Gasteiger partial charge in [0.2, 0.25) is 5.88 Å². The van der Waals surface area contributed by atoms with Gasteiger partial charge in [-0.05, 0) is 29.7 Å². The largest absolute Gasteiger partial charge is 0.478 e. The van der Waals surface area contributed by atoms with E-state index in [4.69, 9.17) is 15.6 Å². The van der Waals surface area contributed by atoms with Gasteiger partial charge in [-0.15, -0.1) is 0 Å². The molecule has 0 amide bonds. The Morgan fingerprint density at radius 2 is 1.95 bits per heavy atom. The molecule has 0 saturated heterocycles. The zero-order chi connectivity index (χ0) is 14.7. The molecule has 1 aromatic heterocycles. The molecule has 0 unspecified atom stereocenters. The second kappa shape index (κ2) is 5.61. The summed E-state index contributed by atoms with van der Waals surface area (Å²) >= 11 is 0. The summed E-state index contributed by atoms with van der Waals surface area (Å²) in [5, 5.41) is 8.84. The molecule has 5 nitrogen and oxygen atoms in total. The van der Waals surface area contributed by atoms with E-state index in [-0.39, 0.29) is 17.1 Å². The van der Waals surface area contributed by atoms with Crippen LogP contribution in [0.4, 0.5) is 5.69 Å². The number of aromatic nitrogens is 1. The predicted molar refractivity (Wildman–Crippen MR) is 76.2 cm³/mol. The summed E-state index contributed by atoms with van der Waals surface area (Å²) in [5.41, 5.74) is 7.17. The van der Waals surface area contributed by atoms with Crippen molar-refractivity contribution in [3.05, 3.63) is 47.7 Å². The summed E-state index contributed by atoms with van der Waals surface area (Å²) in [6, 6.07) is 8.94. The Bertz CT molecular complexity index is 622. The molecule has 1 heterocycles. The summed E-state index contributed by atoms with van der Waals surface area (Å²) < 4.78 is 5.55. The average Bonchev–Trinajstić information content (AvgIpc) is 2.41. The summed E-state index contributed by atoms with van der Waals surface area (Å²) in [6.07, 6.45) is 1.22. The third-order valence-electron chi connectivity index (χ3n) is 2.89. The Morgan fingerprint density at radius 1 is 1.30 bits per heavy atom. The van der Waals surface area contributed by atoms with Crippen molar-refractivity contribution < 1.29 is 14.6 Å². The van der Waals surface area contributed by atoms with E-state index in [0.29, 0.717) is 11.7 Å². The Morgan fingerprint density at radius 3 is 2.45 bits per heavy atom. The number of aromatic carboxylic acids is 1. The van der Waals surface area contributed by atoms with Crippen molar-refractivity contribution in [1.82, 2.24) is 4.98 Å². The fourth-order valence-electron chi connectivity index (χ4n) is 1.70. The highest BCUT2D eigenvalue weighted by Gasteiger charge is 2.09. The number of carbonyl (C=O) groups is 1. The summed E-state index contributed by atoms with van der Waals surface area (Å²) in [6.45, 7) is 4.22. The van der Waals surface area contributed by atoms with Crippen LogP contribution < -0.4 is 10.5 Å². The zero-order valence-corrected chi connectivity index (χ0v) is 11.3. The quantitative estimate of drug-likeness (QED) is 0.892. The molecule has 1 aromatic carbocycles. The normalized spacial score (nSPS) is 10.6. The van der Waals surface area contributed by atoms with Crippen LogP contribution in [-0.2, 0) is 0 Å². The van der Waals surface area contributed by atoms with Gasteiger partial charge < -0.3 is 15.6 Å². The molecular weight excluding hydrogens is 256 g/mol. The monoisotopic (exact) mass is 272 g/mol. The smallest absolute Gasteiger partial charge is 0.337 e. The van der Waals surface area contributed by atoms with Gasteiger partial charge in [0, 0.05) is 6.20 Å². The SMILES string of the molecule is CC(C)c1ccc(Oc2ncc(C(=O)O)cc2N)cc1. The molecule has 20 heavy (non-hydrogen) atoms. The van der Waals surface area contributed by atoms with Crippen LogP contribution in [0.25, 0.3) is 0 Å². The van der Waals surface area contributed by atoms with Crippen LogP contribution >= 0.6 is 0 Å². The fraction of sp³-hybridized carbons (Fsp3) is 0.200. The minimum absolute atomic E-state index is 0.0324. The molecule has 0 radical (unpaired) electrons. The molecule has 0 atom stereocenters. The van der Waals surface area contributed by atoms with Gasteiger partial charge in [0.25, 0.3) is 0 Å². The highest BCUT2D eigenvalue weighted by Crippen LogP contribution is 2.27. The van der Waals surface area contributed by atoms with Gasteiger partial charge >= 0.3 is 5.97 Å². The van der Waals surface area contributed by atoms with Crippen molar-refractivity contribution in [2.45, 2.75) is 19.8 Å². The van der Waals surface area contributed by atoms with E-state index in [9.17, 15) is 4.79 Å². The van der Waals surface area contributed by atoms with Crippen LogP contribution in [0.2, 0.25) is 0 Å². The van der Waals surface area contributed by atoms with Crippen LogP contribution in [0, 0.1) is 0 Å². The molecule has 0 aliphatic rings. The summed E-state index contributed by atoms with van der Waals surface area (Å²) in [5.74, 6) is 0.183.